The van der Waals surface area contributed by atoms with Crippen molar-refractivity contribution < 1.29 is 9.47 Å². The summed E-state index contributed by atoms with van der Waals surface area (Å²) >= 11 is 0. The van der Waals surface area contributed by atoms with E-state index >= 15 is 0 Å². The van der Waals surface area contributed by atoms with Gasteiger partial charge in [-0.1, -0.05) is 39.3 Å². The first kappa shape index (κ1) is 11.7. The summed E-state index contributed by atoms with van der Waals surface area (Å²) in [6, 6.07) is 0. The number of hydrogen-bond donors (Lipinski definition) is 0. The van der Waals surface area contributed by atoms with Gasteiger partial charge in [0.05, 0.1) is 6.10 Å². The van der Waals surface area contributed by atoms with E-state index in [1.54, 1.807) is 0 Å². The van der Waals surface area contributed by atoms with Crippen LogP contribution in [0.2, 0.25) is 0 Å². The number of rotatable bonds is 1. The van der Waals surface area contributed by atoms with Gasteiger partial charge in [0.15, 0.2) is 5.79 Å². The number of fused-ring (bicyclic) bond motifs is 1. The summed E-state index contributed by atoms with van der Waals surface area (Å²) in [5.74, 6) is 1.67. The fourth-order valence-electron chi connectivity index (χ4n) is 3.88. The minimum Gasteiger partial charge on any atom is -0.343 e. The van der Waals surface area contributed by atoms with Crippen LogP contribution in [-0.2, 0) is 9.47 Å². The molecule has 0 aromatic carbocycles. The second-order valence-corrected chi connectivity index (χ2v) is 6.45. The van der Waals surface area contributed by atoms with Crippen molar-refractivity contribution in [2.24, 2.45) is 17.8 Å². The molecule has 0 aromatic heterocycles. The highest BCUT2D eigenvalue weighted by atomic mass is 16.8. The molecule has 1 saturated heterocycles. The summed E-state index contributed by atoms with van der Waals surface area (Å²) in [5, 5.41) is 0. The maximum absolute atomic E-state index is 6.37. The second-order valence-electron chi connectivity index (χ2n) is 6.45. The molecular weight excluding hydrogens is 212 g/mol. The Kier molecular flexibility index (Phi) is 2.83. The van der Waals surface area contributed by atoms with Crippen LogP contribution in [0.3, 0.4) is 0 Å². The second kappa shape index (κ2) is 4.10. The van der Waals surface area contributed by atoms with Crippen molar-refractivity contribution in [1.82, 2.24) is 0 Å². The van der Waals surface area contributed by atoms with E-state index in [1.165, 1.54) is 12.8 Å². The standard InChI is InChI=1S/C15H24O2/c1-10(2)12-8-7-11(3)9-15(12)16-13-5-4-6-14(13)17-15/h4-5,10-14H,6-9H2,1-3H3/t11-,12+,13+,14-,15+/m1/s1. The van der Waals surface area contributed by atoms with E-state index in [1.807, 2.05) is 0 Å². The molecule has 0 radical (unpaired) electrons. The molecule has 1 heterocycles. The summed E-state index contributed by atoms with van der Waals surface area (Å²) in [5.41, 5.74) is 0. The Labute approximate surface area is 104 Å². The molecular formula is C15H24O2. The molecule has 1 saturated carbocycles. The molecule has 1 aliphatic heterocycles. The van der Waals surface area contributed by atoms with E-state index in [4.69, 9.17) is 9.47 Å². The zero-order valence-corrected chi connectivity index (χ0v) is 11.2. The van der Waals surface area contributed by atoms with Crippen LogP contribution >= 0.6 is 0 Å². The van der Waals surface area contributed by atoms with Crippen LogP contribution in [0, 0.1) is 17.8 Å². The van der Waals surface area contributed by atoms with Crippen molar-refractivity contribution in [3.05, 3.63) is 12.2 Å². The molecule has 3 rings (SSSR count). The maximum Gasteiger partial charge on any atom is 0.173 e. The van der Waals surface area contributed by atoms with Crippen molar-refractivity contribution in [1.29, 1.82) is 0 Å². The van der Waals surface area contributed by atoms with Gasteiger partial charge >= 0.3 is 0 Å². The number of ether oxygens (including phenoxy) is 2. The molecule has 3 aliphatic rings. The van der Waals surface area contributed by atoms with Crippen molar-refractivity contribution in [2.75, 3.05) is 0 Å². The first-order valence-corrected chi connectivity index (χ1v) is 7.13. The summed E-state index contributed by atoms with van der Waals surface area (Å²) in [6.45, 7) is 6.94. The smallest absolute Gasteiger partial charge is 0.173 e. The minimum atomic E-state index is -0.272. The van der Waals surface area contributed by atoms with E-state index < -0.39 is 0 Å². The Bertz CT molecular complexity index is 323. The molecule has 96 valence electrons. The highest BCUT2D eigenvalue weighted by molar-refractivity contribution is 5.09. The van der Waals surface area contributed by atoms with Gasteiger partial charge in [-0.3, -0.25) is 0 Å². The lowest BCUT2D eigenvalue weighted by atomic mass is 9.73. The Morgan fingerprint density at radius 3 is 2.76 bits per heavy atom. The molecule has 17 heavy (non-hydrogen) atoms. The lowest BCUT2D eigenvalue weighted by Gasteiger charge is -2.44. The van der Waals surface area contributed by atoms with Crippen LogP contribution in [0.25, 0.3) is 0 Å². The summed E-state index contributed by atoms with van der Waals surface area (Å²) in [6.07, 6.45) is 9.59. The minimum absolute atomic E-state index is 0.224. The average molecular weight is 236 g/mol. The predicted octanol–water partition coefficient (Wildman–Crippen LogP) is 3.52. The molecule has 2 nitrogen and oxygen atoms in total. The SMILES string of the molecule is CC(C)[C@@H]1CC[C@@H](C)C[C@@]12O[C@H]1C=CC[C@H]1O2. The molecule has 0 amide bonds. The van der Waals surface area contributed by atoms with Crippen molar-refractivity contribution in [3.8, 4) is 0 Å². The predicted molar refractivity (Wildman–Crippen MR) is 67.6 cm³/mol. The van der Waals surface area contributed by atoms with E-state index in [0.29, 0.717) is 17.9 Å². The van der Waals surface area contributed by atoms with Gasteiger partial charge in [-0.15, -0.1) is 0 Å². The summed E-state index contributed by atoms with van der Waals surface area (Å²) in [7, 11) is 0. The van der Waals surface area contributed by atoms with Crippen LogP contribution in [0.15, 0.2) is 12.2 Å². The van der Waals surface area contributed by atoms with E-state index in [2.05, 4.69) is 32.9 Å². The molecule has 1 spiro atoms. The van der Waals surface area contributed by atoms with Gasteiger partial charge in [-0.2, -0.15) is 0 Å². The highest BCUT2D eigenvalue weighted by Crippen LogP contribution is 2.50. The van der Waals surface area contributed by atoms with Crippen LogP contribution in [0.4, 0.5) is 0 Å². The van der Waals surface area contributed by atoms with Gasteiger partial charge in [0.25, 0.3) is 0 Å². The molecule has 5 atom stereocenters. The van der Waals surface area contributed by atoms with Gasteiger partial charge in [0, 0.05) is 12.3 Å². The van der Waals surface area contributed by atoms with E-state index in [0.717, 1.165) is 18.8 Å². The third-order valence-electron chi connectivity index (χ3n) is 4.72. The largest absolute Gasteiger partial charge is 0.343 e. The highest BCUT2D eigenvalue weighted by Gasteiger charge is 2.54. The monoisotopic (exact) mass is 236 g/mol. The Hall–Kier alpha value is -0.340. The van der Waals surface area contributed by atoms with Crippen LogP contribution in [-0.4, -0.2) is 18.0 Å². The van der Waals surface area contributed by atoms with Gasteiger partial charge < -0.3 is 9.47 Å². The first-order chi connectivity index (χ1) is 8.11. The Morgan fingerprint density at radius 1 is 1.24 bits per heavy atom. The lowest BCUT2D eigenvalue weighted by Crippen LogP contribution is -2.47. The van der Waals surface area contributed by atoms with Gasteiger partial charge in [-0.25, -0.2) is 0 Å². The summed E-state index contributed by atoms with van der Waals surface area (Å²) in [4.78, 5) is 0. The maximum atomic E-state index is 6.37. The van der Waals surface area contributed by atoms with Crippen LogP contribution < -0.4 is 0 Å². The third-order valence-corrected chi connectivity index (χ3v) is 4.72. The number of hydrogen-bond acceptors (Lipinski definition) is 2. The fraction of sp³-hybridized carbons (Fsp3) is 0.867. The molecule has 0 bridgehead atoms. The Balaban J connectivity index is 1.84. The zero-order valence-electron chi connectivity index (χ0n) is 11.2. The quantitative estimate of drug-likeness (QED) is 0.649. The van der Waals surface area contributed by atoms with Gasteiger partial charge in [0.1, 0.15) is 6.10 Å². The van der Waals surface area contributed by atoms with Crippen molar-refractivity contribution in [2.45, 2.75) is 64.4 Å². The zero-order chi connectivity index (χ0) is 12.0. The molecule has 2 heteroatoms. The topological polar surface area (TPSA) is 18.5 Å². The molecule has 0 aromatic rings. The average Bonchev–Trinajstić information content (AvgIpc) is 2.75. The van der Waals surface area contributed by atoms with E-state index in [-0.39, 0.29) is 11.9 Å². The molecule has 0 N–H and O–H groups in total. The van der Waals surface area contributed by atoms with E-state index in [9.17, 15) is 0 Å². The molecule has 2 fully saturated rings. The third kappa shape index (κ3) is 1.86. The van der Waals surface area contributed by atoms with Crippen molar-refractivity contribution in [3.63, 3.8) is 0 Å². The van der Waals surface area contributed by atoms with Crippen LogP contribution in [0.1, 0.15) is 46.5 Å². The van der Waals surface area contributed by atoms with Crippen molar-refractivity contribution >= 4 is 0 Å². The normalized spacial score (nSPS) is 49.2. The Morgan fingerprint density at radius 2 is 2.06 bits per heavy atom. The first-order valence-electron chi connectivity index (χ1n) is 7.13. The van der Waals surface area contributed by atoms with Crippen LogP contribution in [0.5, 0.6) is 0 Å². The molecule has 0 unspecified atom stereocenters. The van der Waals surface area contributed by atoms with Gasteiger partial charge in [0.2, 0.25) is 0 Å². The summed E-state index contributed by atoms with van der Waals surface area (Å²) < 4.78 is 12.7. The lowest BCUT2D eigenvalue weighted by molar-refractivity contribution is -0.242. The molecule has 2 aliphatic carbocycles. The van der Waals surface area contributed by atoms with Gasteiger partial charge in [-0.05, 0) is 24.7 Å². The fourth-order valence-corrected chi connectivity index (χ4v) is 3.88.